The predicted octanol–water partition coefficient (Wildman–Crippen LogP) is 2.20. The first-order valence-corrected chi connectivity index (χ1v) is 8.08. The highest BCUT2D eigenvalue weighted by molar-refractivity contribution is 9.10. The van der Waals surface area contributed by atoms with Gasteiger partial charge in [-0.05, 0) is 37.5 Å². The molecule has 0 spiro atoms. The van der Waals surface area contributed by atoms with E-state index >= 15 is 0 Å². The van der Waals surface area contributed by atoms with E-state index in [-0.39, 0.29) is 11.4 Å². The molecule has 1 unspecified atom stereocenters. The molecular formula is C12H18BrNO3S. The van der Waals surface area contributed by atoms with Gasteiger partial charge in [-0.2, -0.15) is 0 Å². The fraction of sp³-hybridized carbons (Fsp3) is 0.500. The molecule has 0 bridgehead atoms. The Bertz CT molecular complexity index is 502. The van der Waals surface area contributed by atoms with Gasteiger partial charge in [-0.1, -0.05) is 28.9 Å². The number of hydrogen-bond acceptors (Lipinski definition) is 3. The molecule has 4 nitrogen and oxygen atoms in total. The molecule has 0 radical (unpaired) electrons. The van der Waals surface area contributed by atoms with Gasteiger partial charge in [-0.15, -0.1) is 0 Å². The maximum absolute atomic E-state index is 12.1. The number of hydrogen-bond donors (Lipinski definition) is 2. The lowest BCUT2D eigenvalue weighted by molar-refractivity contribution is 0.162. The molecule has 0 fully saturated rings. The van der Waals surface area contributed by atoms with Crippen molar-refractivity contribution in [3.8, 4) is 0 Å². The van der Waals surface area contributed by atoms with Gasteiger partial charge >= 0.3 is 0 Å². The van der Waals surface area contributed by atoms with Crippen molar-refractivity contribution >= 4 is 26.0 Å². The summed E-state index contributed by atoms with van der Waals surface area (Å²) < 4.78 is 27.3. The quantitative estimate of drug-likeness (QED) is 0.837. The molecule has 1 atom stereocenters. The zero-order chi connectivity index (χ0) is 13.8. The van der Waals surface area contributed by atoms with Crippen LogP contribution >= 0.6 is 15.9 Å². The van der Waals surface area contributed by atoms with Gasteiger partial charge in [0.25, 0.3) is 0 Å². The third kappa shape index (κ3) is 4.35. The fourth-order valence-electron chi connectivity index (χ4n) is 1.51. The summed E-state index contributed by atoms with van der Waals surface area (Å²) in [6.45, 7) is 3.85. The Morgan fingerprint density at radius 3 is 2.72 bits per heavy atom. The lowest BCUT2D eigenvalue weighted by Crippen LogP contribution is -2.27. The monoisotopic (exact) mass is 335 g/mol. The van der Waals surface area contributed by atoms with Crippen LogP contribution < -0.4 is 4.72 Å². The number of benzene rings is 1. The molecule has 0 aromatic heterocycles. The smallest absolute Gasteiger partial charge is 0.240 e. The second-order valence-electron chi connectivity index (χ2n) is 4.16. The number of nitrogens with one attached hydrogen (secondary N) is 1. The van der Waals surface area contributed by atoms with E-state index in [1.807, 2.05) is 6.92 Å². The van der Waals surface area contributed by atoms with Crippen molar-refractivity contribution in [2.75, 3.05) is 6.54 Å². The zero-order valence-electron chi connectivity index (χ0n) is 10.5. The number of sulfonamides is 1. The average molecular weight is 336 g/mol. The Kier molecular flexibility index (Phi) is 5.78. The third-order valence-corrected chi connectivity index (χ3v) is 4.78. The van der Waals surface area contributed by atoms with Gasteiger partial charge in [0, 0.05) is 11.0 Å². The van der Waals surface area contributed by atoms with Crippen LogP contribution in [0, 0.1) is 6.92 Å². The Balaban J connectivity index is 2.77. The molecule has 1 aromatic rings. The molecule has 0 saturated carbocycles. The van der Waals surface area contributed by atoms with E-state index in [0.29, 0.717) is 18.4 Å². The summed E-state index contributed by atoms with van der Waals surface area (Å²) in [5.74, 6) is 0. The summed E-state index contributed by atoms with van der Waals surface area (Å²) in [7, 11) is -3.51. The Morgan fingerprint density at radius 2 is 2.11 bits per heavy atom. The van der Waals surface area contributed by atoms with Crippen LogP contribution in [-0.4, -0.2) is 26.2 Å². The minimum absolute atomic E-state index is 0.239. The van der Waals surface area contributed by atoms with Crippen LogP contribution in [0.25, 0.3) is 0 Å². The maximum Gasteiger partial charge on any atom is 0.240 e. The Labute approximate surface area is 117 Å². The zero-order valence-corrected chi connectivity index (χ0v) is 12.9. The van der Waals surface area contributed by atoms with E-state index in [9.17, 15) is 13.5 Å². The van der Waals surface area contributed by atoms with Crippen LogP contribution in [0.1, 0.15) is 25.3 Å². The van der Waals surface area contributed by atoms with Crippen LogP contribution in [0.3, 0.4) is 0 Å². The second-order valence-corrected chi connectivity index (χ2v) is 6.81. The number of aliphatic hydroxyl groups is 1. The van der Waals surface area contributed by atoms with Crippen LogP contribution in [0.4, 0.5) is 0 Å². The first kappa shape index (κ1) is 15.6. The van der Waals surface area contributed by atoms with Crippen LogP contribution in [0.5, 0.6) is 0 Å². The van der Waals surface area contributed by atoms with Gasteiger partial charge in [-0.3, -0.25) is 0 Å². The minimum atomic E-state index is -3.51. The normalized spacial score (nSPS) is 13.6. The van der Waals surface area contributed by atoms with Crippen molar-refractivity contribution in [1.82, 2.24) is 4.72 Å². The lowest BCUT2D eigenvalue weighted by Gasteiger charge is -2.11. The summed E-state index contributed by atoms with van der Waals surface area (Å²) in [6, 6.07) is 5.13. The summed E-state index contributed by atoms with van der Waals surface area (Å²) in [5, 5.41) is 9.38. The SMILES string of the molecule is CCC(O)CCNS(=O)(=O)c1cc(Br)ccc1C. The summed E-state index contributed by atoms with van der Waals surface area (Å²) >= 11 is 3.26. The van der Waals surface area contributed by atoms with Crippen LogP contribution in [0.2, 0.25) is 0 Å². The van der Waals surface area contributed by atoms with Crippen molar-refractivity contribution in [2.45, 2.75) is 37.7 Å². The van der Waals surface area contributed by atoms with Crippen molar-refractivity contribution in [3.63, 3.8) is 0 Å². The van der Waals surface area contributed by atoms with Gasteiger partial charge in [0.1, 0.15) is 0 Å². The molecule has 0 amide bonds. The molecule has 102 valence electrons. The number of aliphatic hydroxyl groups excluding tert-OH is 1. The summed E-state index contributed by atoms with van der Waals surface area (Å²) in [6.07, 6.45) is 0.580. The number of halogens is 1. The minimum Gasteiger partial charge on any atom is -0.393 e. The van der Waals surface area contributed by atoms with E-state index in [0.717, 1.165) is 4.47 Å². The topological polar surface area (TPSA) is 66.4 Å². The standard InChI is InChI=1S/C12H18BrNO3S/c1-3-11(15)6-7-14-18(16,17)12-8-10(13)5-4-9(12)2/h4-5,8,11,14-15H,3,6-7H2,1-2H3. The van der Waals surface area contributed by atoms with Crippen molar-refractivity contribution < 1.29 is 13.5 Å². The van der Waals surface area contributed by atoms with E-state index in [4.69, 9.17) is 0 Å². The van der Waals surface area contributed by atoms with Crippen molar-refractivity contribution in [2.24, 2.45) is 0 Å². The highest BCUT2D eigenvalue weighted by Gasteiger charge is 2.16. The summed E-state index contributed by atoms with van der Waals surface area (Å²) in [4.78, 5) is 0.267. The number of rotatable bonds is 6. The first-order chi connectivity index (χ1) is 8.36. The highest BCUT2D eigenvalue weighted by atomic mass is 79.9. The molecule has 0 aliphatic rings. The van der Waals surface area contributed by atoms with Crippen molar-refractivity contribution in [3.05, 3.63) is 28.2 Å². The second kappa shape index (κ2) is 6.65. The van der Waals surface area contributed by atoms with Gasteiger partial charge in [0.15, 0.2) is 0 Å². The van der Waals surface area contributed by atoms with E-state index in [2.05, 4.69) is 20.7 Å². The molecule has 6 heteroatoms. The van der Waals surface area contributed by atoms with Crippen LogP contribution in [-0.2, 0) is 10.0 Å². The highest BCUT2D eigenvalue weighted by Crippen LogP contribution is 2.20. The first-order valence-electron chi connectivity index (χ1n) is 5.80. The predicted molar refractivity (Wildman–Crippen MR) is 75.0 cm³/mol. The maximum atomic E-state index is 12.1. The molecule has 18 heavy (non-hydrogen) atoms. The van der Waals surface area contributed by atoms with Gasteiger partial charge < -0.3 is 5.11 Å². The molecule has 1 rings (SSSR count). The molecule has 0 heterocycles. The van der Waals surface area contributed by atoms with Gasteiger partial charge in [-0.25, -0.2) is 13.1 Å². The molecule has 2 N–H and O–H groups in total. The van der Waals surface area contributed by atoms with Gasteiger partial charge in [0.05, 0.1) is 11.0 Å². The van der Waals surface area contributed by atoms with E-state index < -0.39 is 16.1 Å². The van der Waals surface area contributed by atoms with Crippen molar-refractivity contribution in [1.29, 1.82) is 0 Å². The average Bonchev–Trinajstić information content (AvgIpc) is 2.31. The van der Waals surface area contributed by atoms with E-state index in [1.165, 1.54) is 0 Å². The molecule has 0 saturated heterocycles. The molecule has 1 aromatic carbocycles. The fourth-order valence-corrected chi connectivity index (χ4v) is 3.33. The molecular weight excluding hydrogens is 318 g/mol. The molecule has 0 aliphatic carbocycles. The Hall–Kier alpha value is -0.430. The summed E-state index contributed by atoms with van der Waals surface area (Å²) in [5.41, 5.74) is 0.696. The lowest BCUT2D eigenvalue weighted by atomic mass is 10.2. The van der Waals surface area contributed by atoms with Gasteiger partial charge in [0.2, 0.25) is 10.0 Å². The largest absolute Gasteiger partial charge is 0.393 e. The number of aryl methyl sites for hydroxylation is 1. The van der Waals surface area contributed by atoms with E-state index in [1.54, 1.807) is 25.1 Å². The Morgan fingerprint density at radius 1 is 1.44 bits per heavy atom. The van der Waals surface area contributed by atoms with Crippen LogP contribution in [0.15, 0.2) is 27.6 Å². The third-order valence-electron chi connectivity index (χ3n) is 2.68. The molecule has 0 aliphatic heterocycles.